The summed E-state index contributed by atoms with van der Waals surface area (Å²) in [5.41, 5.74) is 2.21. The number of aliphatic hydroxyl groups is 1. The van der Waals surface area contributed by atoms with E-state index in [-0.39, 0.29) is 18.1 Å². The summed E-state index contributed by atoms with van der Waals surface area (Å²) in [6, 6.07) is 2.56. The highest BCUT2D eigenvalue weighted by molar-refractivity contribution is 5.80. The molecular weight excluding hydrogens is 242 g/mol. The molecule has 1 aromatic heterocycles. The van der Waals surface area contributed by atoms with Crippen LogP contribution in [0.15, 0.2) is 21.7 Å². The van der Waals surface area contributed by atoms with Gasteiger partial charge in [0.2, 0.25) is 5.91 Å². The Labute approximate surface area is 102 Å². The van der Waals surface area contributed by atoms with Crippen molar-refractivity contribution >= 4 is 18.0 Å². The molecule has 0 spiro atoms. The maximum Gasteiger partial charge on any atom is 0.433 e. The Morgan fingerprint density at radius 2 is 2.44 bits per heavy atom. The number of rotatable bonds is 6. The van der Waals surface area contributed by atoms with E-state index in [0.717, 1.165) is 6.21 Å². The van der Waals surface area contributed by atoms with Crippen LogP contribution in [0, 0.1) is 10.1 Å². The fourth-order valence-electron chi connectivity index (χ4n) is 1.07. The predicted octanol–water partition coefficient (Wildman–Crippen LogP) is 0.799. The van der Waals surface area contributed by atoms with E-state index in [4.69, 9.17) is 9.52 Å². The first-order chi connectivity index (χ1) is 8.49. The van der Waals surface area contributed by atoms with Crippen molar-refractivity contribution < 1.29 is 19.2 Å². The van der Waals surface area contributed by atoms with Crippen LogP contribution in [0.1, 0.15) is 25.5 Å². The van der Waals surface area contributed by atoms with E-state index in [0.29, 0.717) is 6.42 Å². The van der Waals surface area contributed by atoms with Gasteiger partial charge in [-0.1, -0.05) is 0 Å². The molecule has 1 amide bonds. The lowest BCUT2D eigenvalue weighted by atomic mass is 10.2. The van der Waals surface area contributed by atoms with Crippen LogP contribution in [-0.2, 0) is 4.79 Å². The normalized spacial score (nSPS) is 12.6. The van der Waals surface area contributed by atoms with Gasteiger partial charge in [0, 0.05) is 6.42 Å². The molecule has 0 aliphatic carbocycles. The zero-order chi connectivity index (χ0) is 13.5. The van der Waals surface area contributed by atoms with Crippen molar-refractivity contribution in [3.05, 3.63) is 28.0 Å². The smallest absolute Gasteiger partial charge is 0.400 e. The number of amides is 1. The lowest BCUT2D eigenvalue weighted by molar-refractivity contribution is -0.402. The fourth-order valence-corrected chi connectivity index (χ4v) is 1.07. The number of hydrazone groups is 1. The first-order valence-electron chi connectivity index (χ1n) is 5.23. The molecule has 0 aromatic carbocycles. The Hall–Kier alpha value is -2.22. The second-order valence-electron chi connectivity index (χ2n) is 3.61. The van der Waals surface area contributed by atoms with Crippen LogP contribution in [0.3, 0.4) is 0 Å². The van der Waals surface area contributed by atoms with Crippen LogP contribution in [-0.4, -0.2) is 28.3 Å². The van der Waals surface area contributed by atoms with Crippen molar-refractivity contribution in [2.75, 3.05) is 0 Å². The summed E-state index contributed by atoms with van der Waals surface area (Å²) >= 11 is 0. The molecule has 0 saturated carbocycles. The average molecular weight is 255 g/mol. The SMILES string of the molecule is CC(O)CCC(=O)NN=Cc1ccc([N+](=O)[O-])o1. The largest absolute Gasteiger partial charge is 0.433 e. The highest BCUT2D eigenvalue weighted by Crippen LogP contribution is 2.13. The van der Waals surface area contributed by atoms with Gasteiger partial charge in [0.15, 0.2) is 5.76 Å². The number of nitrogens with one attached hydrogen (secondary N) is 1. The lowest BCUT2D eigenvalue weighted by Gasteiger charge is -2.01. The molecule has 2 N–H and O–H groups in total. The maximum atomic E-state index is 11.2. The van der Waals surface area contributed by atoms with Crippen molar-refractivity contribution in [3.8, 4) is 0 Å². The summed E-state index contributed by atoms with van der Waals surface area (Å²) in [5, 5.41) is 22.9. The summed E-state index contributed by atoms with van der Waals surface area (Å²) in [7, 11) is 0. The Kier molecular flexibility index (Phi) is 5.00. The van der Waals surface area contributed by atoms with Crippen molar-refractivity contribution in [3.63, 3.8) is 0 Å². The molecule has 0 aliphatic heterocycles. The number of aliphatic hydroxyl groups excluding tert-OH is 1. The number of carbonyl (C=O) groups excluding carboxylic acids is 1. The van der Waals surface area contributed by atoms with Crippen LogP contribution < -0.4 is 5.43 Å². The zero-order valence-corrected chi connectivity index (χ0v) is 9.70. The van der Waals surface area contributed by atoms with Crippen molar-refractivity contribution in [2.45, 2.75) is 25.9 Å². The van der Waals surface area contributed by atoms with Gasteiger partial charge in [-0.05, 0) is 19.4 Å². The van der Waals surface area contributed by atoms with Gasteiger partial charge in [-0.3, -0.25) is 14.9 Å². The van der Waals surface area contributed by atoms with Crippen LogP contribution in [0.2, 0.25) is 0 Å². The number of nitro groups is 1. The van der Waals surface area contributed by atoms with E-state index >= 15 is 0 Å². The Bertz CT molecular complexity index is 452. The highest BCUT2D eigenvalue weighted by atomic mass is 16.6. The van der Waals surface area contributed by atoms with E-state index < -0.39 is 16.9 Å². The third kappa shape index (κ3) is 4.74. The third-order valence-corrected chi connectivity index (χ3v) is 1.96. The molecule has 0 bridgehead atoms. The second-order valence-corrected chi connectivity index (χ2v) is 3.61. The summed E-state index contributed by atoms with van der Waals surface area (Å²) in [6.07, 6.45) is 1.10. The molecule has 0 aliphatic rings. The van der Waals surface area contributed by atoms with E-state index in [1.165, 1.54) is 12.1 Å². The first-order valence-corrected chi connectivity index (χ1v) is 5.23. The molecule has 1 rings (SSSR count). The molecule has 1 atom stereocenters. The molecule has 18 heavy (non-hydrogen) atoms. The summed E-state index contributed by atoms with van der Waals surface area (Å²) < 4.78 is 4.79. The highest BCUT2D eigenvalue weighted by Gasteiger charge is 2.10. The van der Waals surface area contributed by atoms with Crippen molar-refractivity contribution in [2.24, 2.45) is 5.10 Å². The minimum absolute atomic E-state index is 0.146. The Balaban J connectivity index is 2.39. The molecule has 8 heteroatoms. The molecule has 1 aromatic rings. The van der Waals surface area contributed by atoms with E-state index in [1.54, 1.807) is 6.92 Å². The van der Waals surface area contributed by atoms with Gasteiger partial charge >= 0.3 is 5.88 Å². The summed E-state index contributed by atoms with van der Waals surface area (Å²) in [4.78, 5) is 20.8. The van der Waals surface area contributed by atoms with Gasteiger partial charge in [0.25, 0.3) is 0 Å². The summed E-state index contributed by atoms with van der Waals surface area (Å²) in [6.45, 7) is 1.58. The second kappa shape index (κ2) is 6.50. The van der Waals surface area contributed by atoms with Gasteiger partial charge in [0.05, 0.1) is 18.4 Å². The minimum atomic E-state index is -0.668. The number of nitrogens with zero attached hydrogens (tertiary/aromatic N) is 2. The van der Waals surface area contributed by atoms with Gasteiger partial charge in [-0.25, -0.2) is 5.43 Å². The summed E-state index contributed by atoms with van der Waals surface area (Å²) in [5.74, 6) is -0.581. The van der Waals surface area contributed by atoms with Crippen LogP contribution >= 0.6 is 0 Å². The molecule has 8 nitrogen and oxygen atoms in total. The molecule has 1 heterocycles. The third-order valence-electron chi connectivity index (χ3n) is 1.96. The number of furan rings is 1. The van der Waals surface area contributed by atoms with Crippen molar-refractivity contribution in [1.29, 1.82) is 0 Å². The minimum Gasteiger partial charge on any atom is -0.400 e. The lowest BCUT2D eigenvalue weighted by Crippen LogP contribution is -2.18. The number of hydrogen-bond acceptors (Lipinski definition) is 6. The fraction of sp³-hybridized carbons (Fsp3) is 0.400. The molecule has 0 saturated heterocycles. The van der Waals surface area contributed by atoms with Crippen LogP contribution in [0.4, 0.5) is 5.88 Å². The average Bonchev–Trinajstić information content (AvgIpc) is 2.75. The van der Waals surface area contributed by atoms with Crippen LogP contribution in [0.5, 0.6) is 0 Å². The Morgan fingerprint density at radius 3 is 3.00 bits per heavy atom. The van der Waals surface area contributed by atoms with Gasteiger partial charge in [-0.2, -0.15) is 5.10 Å². The quantitative estimate of drug-likeness (QED) is 0.442. The predicted molar refractivity (Wildman–Crippen MR) is 62.0 cm³/mol. The zero-order valence-electron chi connectivity index (χ0n) is 9.70. The Morgan fingerprint density at radius 1 is 1.72 bits per heavy atom. The molecular formula is C10H13N3O5. The van der Waals surface area contributed by atoms with E-state index in [9.17, 15) is 14.9 Å². The molecule has 0 radical (unpaired) electrons. The monoisotopic (exact) mass is 255 g/mol. The number of hydrogen-bond donors (Lipinski definition) is 2. The van der Waals surface area contributed by atoms with Gasteiger partial charge in [0.1, 0.15) is 4.92 Å². The van der Waals surface area contributed by atoms with Crippen LogP contribution in [0.25, 0.3) is 0 Å². The van der Waals surface area contributed by atoms with E-state index in [2.05, 4.69) is 10.5 Å². The van der Waals surface area contributed by atoms with E-state index in [1.807, 2.05) is 0 Å². The molecule has 0 fully saturated rings. The standard InChI is InChI=1S/C10H13N3O5/c1-7(14)2-4-9(15)12-11-6-8-3-5-10(18-8)13(16)17/h3,5-7,14H,2,4H2,1H3,(H,12,15). The topological polar surface area (TPSA) is 118 Å². The number of carbonyl (C=O) groups is 1. The maximum absolute atomic E-state index is 11.2. The van der Waals surface area contributed by atoms with Crippen molar-refractivity contribution in [1.82, 2.24) is 5.43 Å². The first kappa shape index (κ1) is 13.8. The van der Waals surface area contributed by atoms with Gasteiger partial charge < -0.3 is 9.52 Å². The van der Waals surface area contributed by atoms with Gasteiger partial charge in [-0.15, -0.1) is 0 Å². The molecule has 98 valence electrons. The molecule has 1 unspecified atom stereocenters.